The molecule has 4 rings (SSSR count). The van der Waals surface area contributed by atoms with Gasteiger partial charge in [-0.2, -0.15) is 0 Å². The predicted molar refractivity (Wildman–Crippen MR) is 157 cm³/mol. The minimum absolute atomic E-state index is 0.179. The zero-order valence-electron chi connectivity index (χ0n) is 22.4. The van der Waals surface area contributed by atoms with E-state index in [0.29, 0.717) is 0 Å². The summed E-state index contributed by atoms with van der Waals surface area (Å²) in [6.45, 7) is 13.7. The molecule has 0 atom stereocenters. The van der Waals surface area contributed by atoms with Crippen LogP contribution in [0.2, 0.25) is 10.1 Å². The van der Waals surface area contributed by atoms with Crippen LogP contribution in [0.4, 0.5) is 0 Å². The molecule has 0 N–H and O–H groups in total. The van der Waals surface area contributed by atoms with Crippen LogP contribution in [0.15, 0.2) is 121 Å². The van der Waals surface area contributed by atoms with Gasteiger partial charge in [0.15, 0.2) is 0 Å². The summed E-state index contributed by atoms with van der Waals surface area (Å²) >= 11 is 0. The Kier molecular flexibility index (Phi) is 7.53. The van der Waals surface area contributed by atoms with E-state index in [1.54, 1.807) is 0 Å². The lowest BCUT2D eigenvalue weighted by molar-refractivity contribution is -0.125. The van der Waals surface area contributed by atoms with Gasteiger partial charge >= 0.3 is 16.6 Å². The van der Waals surface area contributed by atoms with Crippen LogP contribution < -0.4 is 20.7 Å². The van der Waals surface area contributed by atoms with Crippen LogP contribution in [0.1, 0.15) is 41.5 Å². The van der Waals surface area contributed by atoms with Gasteiger partial charge in [-0.25, -0.2) is 0 Å². The molecule has 0 bridgehead atoms. The van der Waals surface area contributed by atoms with Crippen molar-refractivity contribution >= 4 is 37.4 Å². The van der Waals surface area contributed by atoms with Gasteiger partial charge in [-0.05, 0) is 30.8 Å². The van der Waals surface area contributed by atoms with Gasteiger partial charge in [0.25, 0.3) is 0 Å². The third-order valence-corrected chi connectivity index (χ3v) is 16.8. The van der Waals surface area contributed by atoms with E-state index in [2.05, 4.69) is 163 Å². The molecule has 0 aromatic heterocycles. The van der Waals surface area contributed by atoms with Crippen molar-refractivity contribution in [3.05, 3.63) is 121 Å². The molecule has 4 heteroatoms. The molecule has 0 aliphatic heterocycles. The number of hydrogen-bond donors (Lipinski definition) is 0. The lowest BCUT2D eigenvalue weighted by atomic mass is 10.2. The van der Waals surface area contributed by atoms with Gasteiger partial charge in [-0.1, -0.05) is 163 Å². The largest absolute Gasteiger partial charge is 0.304 e. The summed E-state index contributed by atoms with van der Waals surface area (Å²) in [6.07, 6.45) is 0. The van der Waals surface area contributed by atoms with E-state index in [4.69, 9.17) is 9.15 Å². The van der Waals surface area contributed by atoms with Gasteiger partial charge in [0, 0.05) is 0 Å². The summed E-state index contributed by atoms with van der Waals surface area (Å²) in [7, 11) is -5.78. The minimum Gasteiger partial charge on any atom is -0.285 e. The zero-order valence-corrected chi connectivity index (χ0v) is 24.4. The zero-order chi connectivity index (χ0) is 25.9. The van der Waals surface area contributed by atoms with Gasteiger partial charge in [0.05, 0.1) is 0 Å². The van der Waals surface area contributed by atoms with Crippen molar-refractivity contribution < 1.29 is 9.15 Å². The average Bonchev–Trinajstić information content (AvgIpc) is 2.87. The first kappa shape index (κ1) is 26.3. The third kappa shape index (κ3) is 4.66. The fourth-order valence-electron chi connectivity index (χ4n) is 5.32. The second kappa shape index (κ2) is 10.3. The van der Waals surface area contributed by atoms with Crippen molar-refractivity contribution in [2.45, 2.75) is 51.6 Å². The van der Waals surface area contributed by atoms with Crippen molar-refractivity contribution in [2.75, 3.05) is 0 Å². The first-order chi connectivity index (χ1) is 17.1. The Morgan fingerprint density at radius 2 is 0.556 bits per heavy atom. The highest BCUT2D eigenvalue weighted by Gasteiger charge is 2.57. The van der Waals surface area contributed by atoms with Crippen LogP contribution in [0.3, 0.4) is 0 Å². The summed E-state index contributed by atoms with van der Waals surface area (Å²) in [6, 6.07) is 42.8. The van der Waals surface area contributed by atoms with E-state index >= 15 is 0 Å². The summed E-state index contributed by atoms with van der Waals surface area (Å²) in [5.74, 6) is 0. The molecular weight excluding hydrogens is 473 g/mol. The smallest absolute Gasteiger partial charge is 0.285 e. The number of rotatable bonds is 7. The first-order valence-corrected chi connectivity index (χ1v) is 16.5. The molecule has 0 spiro atoms. The SMILES string of the molecule is CC(C)(C)[Si](OO[Si](c1ccccc1)(c1ccccc1)C(C)(C)C)(c1ccccc1)c1ccccc1. The predicted octanol–water partition coefficient (Wildman–Crippen LogP) is 6.05. The van der Waals surface area contributed by atoms with E-state index < -0.39 is 16.6 Å². The van der Waals surface area contributed by atoms with E-state index in [9.17, 15) is 0 Å². The molecule has 2 nitrogen and oxygen atoms in total. The van der Waals surface area contributed by atoms with Crippen LogP contribution in [-0.2, 0) is 9.15 Å². The lowest BCUT2D eigenvalue weighted by Gasteiger charge is -2.47. The Morgan fingerprint density at radius 1 is 0.361 bits per heavy atom. The monoisotopic (exact) mass is 510 g/mol. The standard InChI is InChI=1S/C32H38O2Si2/c1-31(2,3)35(27-19-11-7-12-20-27,28-21-13-8-14-22-28)33-34-36(32(4,5)6,29-23-15-9-16-24-29)30-25-17-10-18-26-30/h7-26H,1-6H3. The summed E-state index contributed by atoms with van der Waals surface area (Å²) in [5.41, 5.74) is 0. The van der Waals surface area contributed by atoms with Crippen molar-refractivity contribution in [2.24, 2.45) is 0 Å². The number of hydrogen-bond acceptors (Lipinski definition) is 2. The summed E-state index contributed by atoms with van der Waals surface area (Å²) < 4.78 is 14.3. The van der Waals surface area contributed by atoms with Crippen molar-refractivity contribution in [3.63, 3.8) is 0 Å². The number of benzene rings is 4. The Balaban J connectivity index is 1.98. The van der Waals surface area contributed by atoms with E-state index in [0.717, 1.165) is 0 Å². The highest BCUT2D eigenvalue weighted by Crippen LogP contribution is 2.41. The van der Waals surface area contributed by atoms with Crippen LogP contribution in [-0.4, -0.2) is 16.6 Å². The maximum atomic E-state index is 7.17. The normalized spacial score (nSPS) is 12.9. The average molecular weight is 511 g/mol. The Labute approximate surface area is 219 Å². The topological polar surface area (TPSA) is 18.5 Å². The van der Waals surface area contributed by atoms with Crippen LogP contribution in [0.5, 0.6) is 0 Å². The Morgan fingerprint density at radius 3 is 0.722 bits per heavy atom. The minimum atomic E-state index is -2.89. The Hall–Kier alpha value is -2.77. The molecule has 36 heavy (non-hydrogen) atoms. The molecule has 0 saturated heterocycles. The van der Waals surface area contributed by atoms with Gasteiger partial charge in [0.1, 0.15) is 0 Å². The molecule has 0 radical (unpaired) electrons. The maximum Gasteiger partial charge on any atom is 0.304 e. The molecule has 4 aromatic rings. The van der Waals surface area contributed by atoms with E-state index in [-0.39, 0.29) is 10.1 Å². The molecule has 4 aromatic carbocycles. The fraction of sp³-hybridized carbons (Fsp3) is 0.250. The highest BCUT2D eigenvalue weighted by atomic mass is 28.4. The lowest BCUT2D eigenvalue weighted by Crippen LogP contribution is -2.72. The van der Waals surface area contributed by atoms with Gasteiger partial charge in [-0.15, -0.1) is 0 Å². The third-order valence-electron chi connectivity index (χ3n) is 7.13. The molecule has 0 heterocycles. The van der Waals surface area contributed by atoms with Crippen LogP contribution >= 0.6 is 0 Å². The second-order valence-electron chi connectivity index (χ2n) is 11.5. The summed E-state index contributed by atoms with van der Waals surface area (Å²) in [4.78, 5) is 0. The van der Waals surface area contributed by atoms with Crippen molar-refractivity contribution in [1.29, 1.82) is 0 Å². The van der Waals surface area contributed by atoms with E-state index in [1.807, 2.05) is 0 Å². The molecule has 0 saturated carbocycles. The molecular formula is C32H38O2Si2. The van der Waals surface area contributed by atoms with Gasteiger partial charge in [-0.3, -0.25) is 9.15 Å². The molecule has 0 unspecified atom stereocenters. The molecule has 0 amide bonds. The summed E-state index contributed by atoms with van der Waals surface area (Å²) in [5, 5.41) is 4.48. The quantitative estimate of drug-likeness (QED) is 0.171. The highest BCUT2D eigenvalue weighted by molar-refractivity contribution is 7.02. The van der Waals surface area contributed by atoms with Crippen molar-refractivity contribution in [1.82, 2.24) is 0 Å². The Bertz CT molecular complexity index is 1050. The molecule has 0 fully saturated rings. The van der Waals surface area contributed by atoms with Gasteiger partial charge in [0.2, 0.25) is 0 Å². The van der Waals surface area contributed by atoms with Crippen LogP contribution in [0.25, 0.3) is 0 Å². The maximum absolute atomic E-state index is 7.17. The van der Waals surface area contributed by atoms with Crippen LogP contribution in [0, 0.1) is 0 Å². The fourth-order valence-corrected chi connectivity index (χ4v) is 14.0. The van der Waals surface area contributed by atoms with E-state index in [1.165, 1.54) is 20.7 Å². The van der Waals surface area contributed by atoms with Gasteiger partial charge < -0.3 is 0 Å². The molecule has 0 aliphatic carbocycles. The molecule has 186 valence electrons. The first-order valence-electron chi connectivity index (χ1n) is 12.7. The second-order valence-corrected chi connectivity index (χ2v) is 19.9. The van der Waals surface area contributed by atoms with Crippen molar-refractivity contribution in [3.8, 4) is 0 Å². The molecule has 0 aliphatic rings.